The van der Waals surface area contributed by atoms with Crippen molar-refractivity contribution in [3.05, 3.63) is 12.3 Å². The Labute approximate surface area is 171 Å². The SMILES string of the molecule is CC1(C)OCC(N)CO1.CC1(C)OCC(N=C(N)N)CO1.N=C(N)N1C=C[C+]=N1. The minimum Gasteiger partial charge on any atom is -0.370 e. The summed E-state index contributed by atoms with van der Waals surface area (Å²) in [5.74, 6) is -0.941. The van der Waals surface area contributed by atoms with Crippen LogP contribution in [0.4, 0.5) is 0 Å². The molecule has 2 saturated heterocycles. The Hall–Kier alpha value is -2.34. The summed E-state index contributed by atoms with van der Waals surface area (Å²) < 4.78 is 21.1. The quantitative estimate of drug-likeness (QED) is 0.205. The van der Waals surface area contributed by atoms with Crippen LogP contribution in [-0.4, -0.2) is 73.2 Å². The second-order valence-electron chi connectivity index (χ2n) is 7.29. The monoisotopic (exact) mass is 413 g/mol. The van der Waals surface area contributed by atoms with Gasteiger partial charge in [0.2, 0.25) is 18.3 Å². The lowest BCUT2D eigenvalue weighted by Crippen LogP contribution is -2.45. The lowest BCUT2D eigenvalue weighted by molar-refractivity contribution is -0.249. The standard InChI is InChI=1S/C7H15N3O2.C6H13NO2.C4H5N4/c1-7(2)11-3-5(4-12-7)10-6(8)9;1-6(2)8-3-5(7)4-9-6;5-4(6)8-3-1-2-7-8/h5H,3-4H2,1-2H3,(H4,8,9,10);5H,3-4,7H2,1-2H3;1,3H,(H3,5,6)/q;;+1. The molecule has 12 nitrogen and oxygen atoms in total. The molecule has 0 unspecified atom stereocenters. The Balaban J connectivity index is 0.000000223. The van der Waals surface area contributed by atoms with Crippen molar-refractivity contribution in [1.29, 1.82) is 5.41 Å². The Morgan fingerprint density at radius 1 is 1.03 bits per heavy atom. The van der Waals surface area contributed by atoms with Crippen molar-refractivity contribution in [2.24, 2.45) is 33.0 Å². The van der Waals surface area contributed by atoms with Gasteiger partial charge < -0.3 is 41.9 Å². The van der Waals surface area contributed by atoms with Gasteiger partial charge in [0.15, 0.2) is 23.7 Å². The zero-order valence-corrected chi connectivity index (χ0v) is 17.4. The van der Waals surface area contributed by atoms with Gasteiger partial charge in [0.1, 0.15) is 6.04 Å². The molecule has 0 spiro atoms. The van der Waals surface area contributed by atoms with Crippen LogP contribution in [0.15, 0.2) is 22.4 Å². The van der Waals surface area contributed by atoms with Crippen molar-refractivity contribution in [3.63, 3.8) is 0 Å². The summed E-state index contributed by atoms with van der Waals surface area (Å²) in [6, 6.07) is -0.0129. The maximum absolute atomic E-state index is 6.81. The number of nitrogens with zero attached hydrogens (tertiary/aromatic N) is 3. The molecule has 0 amide bonds. The minimum absolute atomic E-state index is 0.0537. The average Bonchev–Trinajstić information content (AvgIpc) is 3.15. The minimum atomic E-state index is -0.505. The molecule has 2 fully saturated rings. The van der Waals surface area contributed by atoms with Crippen LogP contribution in [0.2, 0.25) is 0 Å². The molecule has 3 heterocycles. The van der Waals surface area contributed by atoms with Crippen LogP contribution >= 0.6 is 0 Å². The maximum atomic E-state index is 6.81. The highest BCUT2D eigenvalue weighted by atomic mass is 16.7. The van der Waals surface area contributed by atoms with Crippen molar-refractivity contribution < 1.29 is 18.9 Å². The van der Waals surface area contributed by atoms with E-state index < -0.39 is 11.6 Å². The van der Waals surface area contributed by atoms with Crippen LogP contribution in [0.25, 0.3) is 0 Å². The molecule has 9 N–H and O–H groups in total. The van der Waals surface area contributed by atoms with Gasteiger partial charge >= 0.3 is 0 Å². The third-order valence-electron chi connectivity index (χ3n) is 3.57. The number of rotatable bonds is 1. The molecule has 0 aromatic carbocycles. The number of hydrazone groups is 1. The lowest BCUT2D eigenvalue weighted by Gasteiger charge is -2.33. The molecule has 164 valence electrons. The smallest absolute Gasteiger partial charge is 0.242 e. The molecule has 0 atom stereocenters. The average molecular weight is 414 g/mol. The topological polar surface area (TPSA) is 193 Å². The highest BCUT2D eigenvalue weighted by Gasteiger charge is 2.28. The predicted octanol–water partition coefficient (Wildman–Crippen LogP) is -0.920. The van der Waals surface area contributed by atoms with E-state index >= 15 is 0 Å². The van der Waals surface area contributed by atoms with Gasteiger partial charge in [-0.05, 0) is 27.7 Å². The number of hydrogen-bond acceptors (Lipinski definition) is 8. The summed E-state index contributed by atoms with van der Waals surface area (Å²) in [5, 5.41) is 11.6. The molecule has 3 aliphatic heterocycles. The van der Waals surface area contributed by atoms with E-state index in [0.29, 0.717) is 26.4 Å². The van der Waals surface area contributed by atoms with E-state index in [4.69, 9.17) is 47.3 Å². The van der Waals surface area contributed by atoms with Crippen LogP contribution < -0.4 is 22.9 Å². The fourth-order valence-corrected chi connectivity index (χ4v) is 2.04. The molecular weight excluding hydrogens is 380 g/mol. The van der Waals surface area contributed by atoms with E-state index in [9.17, 15) is 0 Å². The summed E-state index contributed by atoms with van der Waals surface area (Å²) in [6.07, 6.45) is 5.65. The first-order chi connectivity index (χ1) is 13.4. The van der Waals surface area contributed by atoms with Crippen molar-refractivity contribution in [2.75, 3.05) is 26.4 Å². The van der Waals surface area contributed by atoms with Gasteiger partial charge in [0, 0.05) is 5.10 Å². The Morgan fingerprint density at radius 2 is 1.52 bits per heavy atom. The molecule has 0 bridgehead atoms. The van der Waals surface area contributed by atoms with Crippen molar-refractivity contribution in [1.82, 2.24) is 5.01 Å². The van der Waals surface area contributed by atoms with Crippen LogP contribution in [0.5, 0.6) is 0 Å². The highest BCUT2D eigenvalue weighted by molar-refractivity contribution is 5.82. The molecule has 0 aromatic heterocycles. The summed E-state index contributed by atoms with van der Waals surface area (Å²) in [5.41, 5.74) is 20.9. The van der Waals surface area contributed by atoms with Crippen LogP contribution in [0, 0.1) is 5.41 Å². The number of nitrogens with one attached hydrogen (secondary N) is 1. The van der Waals surface area contributed by atoms with E-state index in [-0.39, 0.29) is 24.0 Å². The van der Waals surface area contributed by atoms with E-state index in [1.807, 2.05) is 27.7 Å². The van der Waals surface area contributed by atoms with E-state index in [0.717, 1.165) is 0 Å². The second kappa shape index (κ2) is 11.0. The number of allylic oxidation sites excluding steroid dienone is 1. The molecular formula is C17H33N8O4+. The third kappa shape index (κ3) is 10.7. The van der Waals surface area contributed by atoms with Gasteiger partial charge in [-0.25, -0.2) is 4.99 Å². The molecule has 3 aliphatic rings. The van der Waals surface area contributed by atoms with E-state index in [1.165, 1.54) is 5.01 Å². The van der Waals surface area contributed by atoms with Crippen molar-refractivity contribution in [3.8, 4) is 0 Å². The number of aliphatic imine (C=N–C) groups is 1. The number of hydrogen-bond donors (Lipinski definition) is 5. The van der Waals surface area contributed by atoms with Gasteiger partial charge in [-0.3, -0.25) is 5.41 Å². The Kier molecular flexibility index (Phi) is 9.37. The van der Waals surface area contributed by atoms with Crippen LogP contribution in [-0.2, 0) is 18.9 Å². The zero-order valence-electron chi connectivity index (χ0n) is 17.4. The molecule has 29 heavy (non-hydrogen) atoms. The van der Waals surface area contributed by atoms with Crippen LogP contribution in [0.1, 0.15) is 27.7 Å². The highest BCUT2D eigenvalue weighted by Crippen LogP contribution is 2.18. The molecule has 0 aromatic rings. The van der Waals surface area contributed by atoms with E-state index in [2.05, 4.69) is 16.3 Å². The molecule has 3 rings (SSSR count). The maximum Gasteiger partial charge on any atom is 0.242 e. The fraction of sp³-hybridized carbons (Fsp3) is 0.706. The first kappa shape index (κ1) is 24.7. The lowest BCUT2D eigenvalue weighted by atomic mass is 10.3. The van der Waals surface area contributed by atoms with Crippen LogP contribution in [0.3, 0.4) is 0 Å². The normalized spacial score (nSPS) is 22.4. The van der Waals surface area contributed by atoms with E-state index in [1.54, 1.807) is 12.3 Å². The molecule has 12 heteroatoms. The van der Waals surface area contributed by atoms with Gasteiger partial charge in [-0.2, -0.15) is 0 Å². The first-order valence-corrected chi connectivity index (χ1v) is 9.06. The van der Waals surface area contributed by atoms with Gasteiger partial charge in [-0.15, -0.1) is 0 Å². The zero-order chi connectivity index (χ0) is 22.1. The fourth-order valence-electron chi connectivity index (χ4n) is 2.04. The second-order valence-corrected chi connectivity index (χ2v) is 7.29. The number of guanidine groups is 2. The number of nitrogens with two attached hydrogens (primary N) is 4. The summed E-state index contributed by atoms with van der Waals surface area (Å²) in [7, 11) is 0. The largest absolute Gasteiger partial charge is 0.370 e. The van der Waals surface area contributed by atoms with Gasteiger partial charge in [0.05, 0.1) is 32.5 Å². The summed E-state index contributed by atoms with van der Waals surface area (Å²) in [4.78, 5) is 3.92. The molecule has 0 radical (unpaired) electrons. The Bertz CT molecular complexity index is 585. The predicted molar refractivity (Wildman–Crippen MR) is 110 cm³/mol. The summed E-state index contributed by atoms with van der Waals surface area (Å²) >= 11 is 0. The molecule has 0 aliphatic carbocycles. The third-order valence-corrected chi connectivity index (χ3v) is 3.57. The molecule has 0 saturated carbocycles. The number of ether oxygens (including phenoxy) is 4. The van der Waals surface area contributed by atoms with Crippen molar-refractivity contribution >= 4 is 18.1 Å². The summed E-state index contributed by atoms with van der Waals surface area (Å²) in [6.45, 7) is 9.71. The van der Waals surface area contributed by atoms with Gasteiger partial charge in [0.25, 0.3) is 0 Å². The Morgan fingerprint density at radius 3 is 1.83 bits per heavy atom. The van der Waals surface area contributed by atoms with Crippen molar-refractivity contribution in [2.45, 2.75) is 51.4 Å². The van der Waals surface area contributed by atoms with Gasteiger partial charge in [-0.1, -0.05) is 5.01 Å². The first-order valence-electron chi connectivity index (χ1n) is 9.06.